The van der Waals surface area contributed by atoms with E-state index in [-0.39, 0.29) is 12.2 Å². The lowest BCUT2D eigenvalue weighted by Crippen LogP contribution is -2.40. The van der Waals surface area contributed by atoms with Gasteiger partial charge in [0.2, 0.25) is 0 Å². The van der Waals surface area contributed by atoms with Crippen molar-refractivity contribution in [2.75, 3.05) is 13.7 Å². The van der Waals surface area contributed by atoms with Crippen LogP contribution in [0.3, 0.4) is 0 Å². The van der Waals surface area contributed by atoms with Crippen LogP contribution in [-0.2, 0) is 9.53 Å². The third-order valence-electron chi connectivity index (χ3n) is 7.22. The van der Waals surface area contributed by atoms with Gasteiger partial charge in [-0.3, -0.25) is 9.36 Å². The maximum absolute atomic E-state index is 14.2. The quantitative estimate of drug-likeness (QED) is 0.281. The van der Waals surface area contributed by atoms with E-state index in [9.17, 15) is 9.59 Å². The predicted octanol–water partition coefficient (Wildman–Crippen LogP) is 5.22. The van der Waals surface area contributed by atoms with E-state index in [4.69, 9.17) is 14.5 Å². The van der Waals surface area contributed by atoms with Gasteiger partial charge in [-0.25, -0.2) is 9.79 Å². The summed E-state index contributed by atoms with van der Waals surface area (Å²) < 4.78 is 13.6. The average Bonchev–Trinajstić information content (AvgIpc) is 3.52. The molecule has 0 saturated carbocycles. The van der Waals surface area contributed by atoms with E-state index in [1.165, 1.54) is 11.3 Å². The number of rotatable bonds is 7. The molecule has 1 N–H and O–H groups in total. The van der Waals surface area contributed by atoms with Crippen LogP contribution in [0.25, 0.3) is 27.8 Å². The lowest BCUT2D eigenvalue weighted by atomic mass is 9.90. The Morgan fingerprint density at radius 2 is 1.85 bits per heavy atom. The van der Waals surface area contributed by atoms with Gasteiger partial charge in [-0.2, -0.15) is 0 Å². The number of methoxy groups -OCH3 is 1. The van der Waals surface area contributed by atoms with E-state index in [1.807, 2.05) is 79.9 Å². The minimum absolute atomic E-state index is 0.214. The van der Waals surface area contributed by atoms with Crippen LogP contribution in [0.4, 0.5) is 0 Å². The zero-order chi connectivity index (χ0) is 27.8. The summed E-state index contributed by atoms with van der Waals surface area (Å²) in [6.45, 7) is 4.04. The van der Waals surface area contributed by atoms with Crippen molar-refractivity contribution in [1.82, 2.24) is 9.55 Å². The fourth-order valence-electron chi connectivity index (χ4n) is 5.48. The number of ether oxygens (including phenoxy) is 2. The van der Waals surface area contributed by atoms with Crippen molar-refractivity contribution in [3.8, 4) is 5.75 Å². The number of aromatic amines is 1. The van der Waals surface area contributed by atoms with Crippen molar-refractivity contribution in [1.29, 1.82) is 0 Å². The largest absolute Gasteiger partial charge is 0.496 e. The zero-order valence-electron chi connectivity index (χ0n) is 22.6. The summed E-state index contributed by atoms with van der Waals surface area (Å²) >= 11 is 1.33. The van der Waals surface area contributed by atoms with Crippen LogP contribution in [0.1, 0.15) is 43.9 Å². The normalized spacial score (nSPS) is 15.4. The molecule has 5 aromatic rings. The molecular weight excluding hydrogens is 522 g/mol. The van der Waals surface area contributed by atoms with E-state index in [1.54, 1.807) is 18.6 Å². The van der Waals surface area contributed by atoms with E-state index in [2.05, 4.69) is 4.98 Å². The first-order valence-electron chi connectivity index (χ1n) is 13.4. The van der Waals surface area contributed by atoms with Gasteiger partial charge >= 0.3 is 5.97 Å². The highest BCUT2D eigenvalue weighted by atomic mass is 32.1. The molecule has 3 heterocycles. The monoisotopic (exact) mass is 551 g/mol. The maximum atomic E-state index is 14.2. The Balaban J connectivity index is 1.69. The number of esters is 1. The number of hydrogen-bond donors (Lipinski definition) is 1. The number of carbonyl (C=O) groups excluding carboxylic acids is 1. The van der Waals surface area contributed by atoms with Gasteiger partial charge in [-0.05, 0) is 42.3 Å². The minimum Gasteiger partial charge on any atom is -0.496 e. The summed E-state index contributed by atoms with van der Waals surface area (Å²) in [6, 6.07) is 19.0. The summed E-state index contributed by atoms with van der Waals surface area (Å²) in [5, 5.41) is 2.91. The van der Waals surface area contributed by atoms with Crippen LogP contribution in [0, 0.1) is 0 Å². The Hall–Kier alpha value is -4.43. The summed E-state index contributed by atoms with van der Waals surface area (Å²) in [6.07, 6.45) is 5.16. The first kappa shape index (κ1) is 25.8. The predicted molar refractivity (Wildman–Crippen MR) is 158 cm³/mol. The van der Waals surface area contributed by atoms with Crippen molar-refractivity contribution in [2.24, 2.45) is 4.99 Å². The Bertz CT molecular complexity index is 1980. The number of fused-ring (bicyclic) bond motifs is 3. The molecule has 0 aliphatic carbocycles. The highest BCUT2D eigenvalue weighted by Gasteiger charge is 2.37. The van der Waals surface area contributed by atoms with Crippen LogP contribution in [0.2, 0.25) is 0 Å². The van der Waals surface area contributed by atoms with Gasteiger partial charge in [0.15, 0.2) is 4.80 Å². The number of nitrogens with zero attached hydrogens (tertiary/aromatic N) is 2. The van der Waals surface area contributed by atoms with Gasteiger partial charge in [0.05, 0.1) is 29.5 Å². The summed E-state index contributed by atoms with van der Waals surface area (Å²) in [7, 11) is 1.61. The summed E-state index contributed by atoms with van der Waals surface area (Å²) in [4.78, 5) is 36.6. The lowest BCUT2D eigenvalue weighted by Gasteiger charge is -2.28. The third-order valence-corrected chi connectivity index (χ3v) is 8.21. The second-order valence-corrected chi connectivity index (χ2v) is 10.6. The molecule has 0 spiro atoms. The summed E-state index contributed by atoms with van der Waals surface area (Å²) in [5.74, 6) is 0.120. The first-order valence-corrected chi connectivity index (χ1v) is 14.2. The van der Waals surface area contributed by atoms with Gasteiger partial charge in [-0.15, -0.1) is 0 Å². The molecule has 6 rings (SSSR count). The van der Waals surface area contributed by atoms with E-state index in [0.29, 0.717) is 32.8 Å². The Kier molecular flexibility index (Phi) is 6.86. The molecule has 1 aliphatic heterocycles. The highest BCUT2D eigenvalue weighted by molar-refractivity contribution is 7.07. The van der Waals surface area contributed by atoms with Crippen LogP contribution >= 0.6 is 11.3 Å². The van der Waals surface area contributed by atoms with Crippen LogP contribution < -0.4 is 19.6 Å². The van der Waals surface area contributed by atoms with Crippen molar-refractivity contribution < 1.29 is 14.3 Å². The van der Waals surface area contributed by atoms with Gasteiger partial charge in [0.1, 0.15) is 11.8 Å². The van der Waals surface area contributed by atoms with Crippen molar-refractivity contribution in [3.05, 3.63) is 109 Å². The average molecular weight is 552 g/mol. The van der Waals surface area contributed by atoms with Gasteiger partial charge < -0.3 is 14.5 Å². The number of carbonyl (C=O) groups is 1. The molecule has 3 aromatic carbocycles. The molecule has 1 unspecified atom stereocenters. The number of allylic oxidation sites excluding steroid dienone is 1. The van der Waals surface area contributed by atoms with Crippen LogP contribution in [0.15, 0.2) is 87.9 Å². The topological polar surface area (TPSA) is 85.7 Å². The summed E-state index contributed by atoms with van der Waals surface area (Å²) in [5.41, 5.74) is 3.46. The molecule has 2 aromatic heterocycles. The molecule has 40 heavy (non-hydrogen) atoms. The Morgan fingerprint density at radius 3 is 2.62 bits per heavy atom. The molecule has 0 radical (unpaired) electrons. The first-order chi connectivity index (χ1) is 19.5. The molecule has 0 bridgehead atoms. The minimum atomic E-state index is -0.761. The Morgan fingerprint density at radius 1 is 1.07 bits per heavy atom. The number of nitrogens with one attached hydrogen (secondary N) is 1. The second-order valence-electron chi connectivity index (χ2n) is 9.61. The zero-order valence-corrected chi connectivity index (χ0v) is 23.4. The van der Waals surface area contributed by atoms with Gasteiger partial charge in [0.25, 0.3) is 5.56 Å². The fraction of sp³-hybridized carbons (Fsp3) is 0.219. The number of para-hydroxylation sites is 1. The number of aromatic nitrogens is 2. The Labute approximate surface area is 234 Å². The number of H-pyrrole nitrogens is 1. The number of thiazole rings is 1. The lowest BCUT2D eigenvalue weighted by molar-refractivity contribution is -0.139. The molecule has 202 valence electrons. The maximum Gasteiger partial charge on any atom is 0.338 e. The van der Waals surface area contributed by atoms with Crippen molar-refractivity contribution in [2.45, 2.75) is 32.7 Å². The van der Waals surface area contributed by atoms with Crippen LogP contribution in [-0.4, -0.2) is 29.2 Å². The molecule has 7 nitrogen and oxygen atoms in total. The SMILES string of the molecule is CCCC1=C(C(=O)OCC)C(c2c(OC)ccc3ccccc23)n2c(s/c(=C/c3c[nH]c4ccccc34)c2=O)=N1. The second kappa shape index (κ2) is 10.6. The molecule has 0 saturated heterocycles. The fourth-order valence-corrected chi connectivity index (χ4v) is 6.50. The molecule has 0 fully saturated rings. The number of hydrogen-bond acceptors (Lipinski definition) is 6. The number of benzene rings is 3. The standard InChI is InChI=1S/C32H29N3O4S/c1-4-10-24-28(31(37)39-5-2)29(27-22-13-7-6-11-19(22)15-16-25(27)38-3)35-30(36)26(40-32(35)34-24)17-20-18-33-23-14-9-8-12-21(20)23/h6-9,11-18,29,33H,4-5,10H2,1-3H3/b26-17+. The molecule has 8 heteroatoms. The van der Waals surface area contributed by atoms with Crippen molar-refractivity contribution >= 4 is 45.1 Å². The van der Waals surface area contributed by atoms with E-state index < -0.39 is 12.0 Å². The third kappa shape index (κ3) is 4.25. The smallest absolute Gasteiger partial charge is 0.338 e. The highest BCUT2D eigenvalue weighted by Crippen LogP contribution is 2.41. The molecule has 1 atom stereocenters. The van der Waals surface area contributed by atoms with Gasteiger partial charge in [-0.1, -0.05) is 73.2 Å². The van der Waals surface area contributed by atoms with Crippen LogP contribution in [0.5, 0.6) is 5.75 Å². The van der Waals surface area contributed by atoms with E-state index >= 15 is 0 Å². The molecule has 1 aliphatic rings. The molecular formula is C32H29N3O4S. The van der Waals surface area contributed by atoms with Gasteiger partial charge in [0, 0.05) is 28.2 Å². The molecule has 0 amide bonds. The van der Waals surface area contributed by atoms with Crippen molar-refractivity contribution in [3.63, 3.8) is 0 Å². The van der Waals surface area contributed by atoms with E-state index in [0.717, 1.165) is 39.2 Å².